The minimum Gasteiger partial charge on any atom is -0.480 e. The van der Waals surface area contributed by atoms with Crippen LogP contribution in [0.1, 0.15) is 28.8 Å². The molecular weight excluding hydrogens is 583 g/mol. The maximum Gasteiger partial charge on any atom is 0.326 e. The first-order chi connectivity index (χ1) is 17.5. The first kappa shape index (κ1) is 27.2. The van der Waals surface area contributed by atoms with Crippen LogP contribution in [-0.2, 0) is 14.8 Å². The Labute approximate surface area is 232 Å². The largest absolute Gasteiger partial charge is 0.480 e. The van der Waals surface area contributed by atoms with Crippen LogP contribution >= 0.6 is 46.9 Å². The van der Waals surface area contributed by atoms with E-state index < -0.39 is 33.9 Å². The van der Waals surface area contributed by atoms with Gasteiger partial charge in [0.2, 0.25) is 0 Å². The first-order valence-corrected chi connectivity index (χ1v) is 14.0. The zero-order chi connectivity index (χ0) is 26.9. The van der Waals surface area contributed by atoms with E-state index in [2.05, 4.69) is 14.8 Å². The molecule has 0 spiro atoms. The lowest BCUT2D eigenvalue weighted by Crippen LogP contribution is -2.44. The van der Waals surface area contributed by atoms with Gasteiger partial charge in [-0.2, -0.15) is 0 Å². The zero-order valence-corrected chi connectivity index (χ0v) is 22.8. The Balaban J connectivity index is 1.62. The van der Waals surface area contributed by atoms with Crippen LogP contribution < -0.4 is 14.8 Å². The van der Waals surface area contributed by atoms with Gasteiger partial charge in [-0.25, -0.2) is 13.2 Å². The molecular formula is C23H19Cl3N4O5S2. The van der Waals surface area contributed by atoms with Crippen LogP contribution in [0.5, 0.6) is 0 Å². The average Bonchev–Trinajstić information content (AvgIpc) is 3.32. The molecule has 0 saturated carbocycles. The monoisotopic (exact) mass is 600 g/mol. The molecule has 0 unspecified atom stereocenters. The Bertz CT molecular complexity index is 1480. The van der Waals surface area contributed by atoms with E-state index in [1.807, 2.05) is 0 Å². The second kappa shape index (κ2) is 10.9. The molecule has 2 aromatic carbocycles. The number of anilines is 1. The predicted molar refractivity (Wildman–Crippen MR) is 146 cm³/mol. The average molecular weight is 602 g/mol. The highest BCUT2D eigenvalue weighted by Gasteiger charge is 2.32. The first-order valence-electron chi connectivity index (χ1n) is 10.6. The van der Waals surface area contributed by atoms with Crippen molar-refractivity contribution in [1.29, 1.82) is 0 Å². The van der Waals surface area contributed by atoms with Gasteiger partial charge in [0, 0.05) is 23.3 Å². The number of carbonyl (C=O) groups excluding carboxylic acids is 1. The van der Waals surface area contributed by atoms with Crippen molar-refractivity contribution in [3.63, 3.8) is 0 Å². The van der Waals surface area contributed by atoms with Gasteiger partial charge in [-0.1, -0.05) is 47.8 Å². The predicted octanol–water partition coefficient (Wildman–Crippen LogP) is 5.10. The number of carboxylic acids is 1. The summed E-state index contributed by atoms with van der Waals surface area (Å²) in [6.45, 7) is 1.61. The van der Waals surface area contributed by atoms with Crippen LogP contribution in [0.2, 0.25) is 15.1 Å². The smallest absolute Gasteiger partial charge is 0.326 e. The summed E-state index contributed by atoms with van der Waals surface area (Å²) in [6.07, 6.45) is 6.21. The molecule has 0 aromatic heterocycles. The number of sulfonamides is 1. The van der Waals surface area contributed by atoms with Crippen molar-refractivity contribution in [2.45, 2.75) is 18.9 Å². The van der Waals surface area contributed by atoms with Crippen LogP contribution in [0.25, 0.3) is 0 Å². The van der Waals surface area contributed by atoms with Crippen molar-refractivity contribution in [3.8, 4) is 0 Å². The third-order valence-corrected chi connectivity index (χ3v) is 8.71. The minimum atomic E-state index is -4.16. The lowest BCUT2D eigenvalue weighted by Gasteiger charge is -2.23. The highest BCUT2D eigenvalue weighted by atomic mass is 35.5. The van der Waals surface area contributed by atoms with Gasteiger partial charge < -0.3 is 15.1 Å². The number of hydrogen-bond acceptors (Lipinski definition) is 7. The van der Waals surface area contributed by atoms with Crippen molar-refractivity contribution >= 4 is 74.5 Å². The standard InChI is InChI=1S/C23H19Cl3N4O5S2/c1-12(13-4-7-16(25)17(26)9-13)21(23(32)33)28-22(31)15-6-5-14(24)10-18(15)29-37(34,35)20-3-2-8-30-19(20)11-27-36-30/h2-12,21,27,29H,1H3,(H,28,31)(H,32,33)/t12-,21+/m1/s1. The molecule has 0 saturated heterocycles. The number of nitrogens with zero attached hydrogens (tertiary/aromatic N) is 1. The summed E-state index contributed by atoms with van der Waals surface area (Å²) in [5, 5.41) is 13.0. The maximum atomic E-state index is 13.3. The Kier molecular flexibility index (Phi) is 8.00. The summed E-state index contributed by atoms with van der Waals surface area (Å²) in [4.78, 5) is 25.3. The molecule has 14 heteroatoms. The van der Waals surface area contributed by atoms with Gasteiger partial charge in [-0.3, -0.25) is 13.8 Å². The van der Waals surface area contributed by atoms with Crippen LogP contribution in [0.4, 0.5) is 5.69 Å². The molecule has 194 valence electrons. The van der Waals surface area contributed by atoms with Gasteiger partial charge in [0.25, 0.3) is 15.9 Å². The third-order valence-electron chi connectivity index (χ3n) is 5.59. The summed E-state index contributed by atoms with van der Waals surface area (Å²) in [7, 11) is -4.16. The number of nitrogens with one attached hydrogen (secondary N) is 3. The van der Waals surface area contributed by atoms with E-state index in [0.29, 0.717) is 16.3 Å². The lowest BCUT2D eigenvalue weighted by molar-refractivity contribution is -0.139. The van der Waals surface area contributed by atoms with Gasteiger partial charge in [-0.05, 0) is 48.0 Å². The molecule has 0 aliphatic carbocycles. The molecule has 4 rings (SSSR count). The van der Waals surface area contributed by atoms with E-state index in [9.17, 15) is 23.1 Å². The second-order valence-electron chi connectivity index (χ2n) is 7.98. The summed E-state index contributed by atoms with van der Waals surface area (Å²) in [5.74, 6) is -2.81. The van der Waals surface area contributed by atoms with E-state index in [1.165, 1.54) is 54.7 Å². The van der Waals surface area contributed by atoms with Crippen molar-refractivity contribution < 1.29 is 23.1 Å². The van der Waals surface area contributed by atoms with E-state index in [1.54, 1.807) is 29.6 Å². The molecule has 9 nitrogen and oxygen atoms in total. The summed E-state index contributed by atoms with van der Waals surface area (Å²) in [5.41, 5.74) is 0.710. The highest BCUT2D eigenvalue weighted by Crippen LogP contribution is 2.35. The van der Waals surface area contributed by atoms with Gasteiger partial charge in [0.15, 0.2) is 0 Å². The number of allylic oxidation sites excluding steroid dienone is 2. The number of aliphatic carboxylic acids is 1. The fourth-order valence-electron chi connectivity index (χ4n) is 3.67. The highest BCUT2D eigenvalue weighted by molar-refractivity contribution is 7.97. The fraction of sp³-hybridized carbons (Fsp3) is 0.130. The Hall–Kier alpha value is -2.83. The van der Waals surface area contributed by atoms with Crippen molar-refractivity contribution in [2.75, 3.05) is 4.72 Å². The topological polar surface area (TPSA) is 128 Å². The normalized spacial score (nSPS) is 16.2. The summed E-state index contributed by atoms with van der Waals surface area (Å²) in [6, 6.07) is 7.30. The molecule has 0 bridgehead atoms. The Morgan fingerprint density at radius 2 is 1.86 bits per heavy atom. The fourth-order valence-corrected chi connectivity index (χ4v) is 6.12. The SMILES string of the molecule is C[C@H](c1ccc(Cl)c(Cl)c1)[C@H](NC(=O)c1ccc(Cl)cc1NS(=O)(=O)C1=CC=CN2SNC=C12)C(=O)O. The molecule has 1 amide bonds. The van der Waals surface area contributed by atoms with Gasteiger partial charge in [0.05, 0.1) is 39.1 Å². The van der Waals surface area contributed by atoms with Gasteiger partial charge >= 0.3 is 5.97 Å². The van der Waals surface area contributed by atoms with Crippen LogP contribution in [-0.4, -0.2) is 35.7 Å². The van der Waals surface area contributed by atoms with Crippen molar-refractivity contribution in [2.24, 2.45) is 0 Å². The Morgan fingerprint density at radius 1 is 1.11 bits per heavy atom. The van der Waals surface area contributed by atoms with Crippen LogP contribution in [0, 0.1) is 0 Å². The number of halogens is 3. The molecule has 2 aromatic rings. The maximum absolute atomic E-state index is 13.3. The van der Waals surface area contributed by atoms with Crippen LogP contribution in [0.15, 0.2) is 71.6 Å². The number of amides is 1. The number of benzene rings is 2. The molecule has 4 N–H and O–H groups in total. The second-order valence-corrected chi connectivity index (χ2v) is 11.7. The summed E-state index contributed by atoms with van der Waals surface area (Å²) >= 11 is 19.3. The number of fused-ring (bicyclic) bond motifs is 1. The lowest BCUT2D eigenvalue weighted by atomic mass is 9.93. The zero-order valence-electron chi connectivity index (χ0n) is 18.9. The number of hydrogen-bond donors (Lipinski definition) is 4. The van der Waals surface area contributed by atoms with Crippen molar-refractivity contribution in [3.05, 3.63) is 97.7 Å². The van der Waals surface area contributed by atoms with Crippen molar-refractivity contribution in [1.82, 2.24) is 14.3 Å². The number of carboxylic acid groups (broad SMARTS) is 1. The molecule has 37 heavy (non-hydrogen) atoms. The molecule has 2 heterocycles. The quantitative estimate of drug-likeness (QED) is 0.308. The Morgan fingerprint density at radius 3 is 2.57 bits per heavy atom. The van der Waals surface area contributed by atoms with E-state index >= 15 is 0 Å². The van der Waals surface area contributed by atoms with E-state index in [-0.39, 0.29) is 26.2 Å². The number of carbonyl (C=O) groups is 2. The molecule has 0 radical (unpaired) electrons. The minimum absolute atomic E-state index is 0.0320. The van der Waals surface area contributed by atoms with E-state index in [4.69, 9.17) is 34.8 Å². The summed E-state index contributed by atoms with van der Waals surface area (Å²) < 4.78 is 33.4. The number of rotatable bonds is 8. The molecule has 2 aliphatic heterocycles. The molecule has 2 aliphatic rings. The van der Waals surface area contributed by atoms with E-state index in [0.717, 1.165) is 0 Å². The van der Waals surface area contributed by atoms with Gasteiger partial charge in [-0.15, -0.1) is 0 Å². The molecule has 2 atom stereocenters. The molecule has 0 fully saturated rings. The van der Waals surface area contributed by atoms with Gasteiger partial charge in [0.1, 0.15) is 10.9 Å². The van der Waals surface area contributed by atoms with Crippen LogP contribution in [0.3, 0.4) is 0 Å². The third kappa shape index (κ3) is 5.86.